The van der Waals surface area contributed by atoms with Crippen LogP contribution in [0.5, 0.6) is 11.5 Å². The molecular formula is C44H32O. The molecule has 0 radical (unpaired) electrons. The number of para-hydroxylation sites is 1. The second-order valence-corrected chi connectivity index (χ2v) is 12.9. The molecule has 1 heterocycles. The topological polar surface area (TPSA) is 9.23 Å². The van der Waals surface area contributed by atoms with Crippen molar-refractivity contribution >= 4 is 10.8 Å². The first-order chi connectivity index (χ1) is 22.1. The lowest BCUT2D eigenvalue weighted by molar-refractivity contribution is 0.435. The van der Waals surface area contributed by atoms with Crippen LogP contribution in [-0.2, 0) is 10.8 Å². The molecule has 2 aliphatic rings. The van der Waals surface area contributed by atoms with Gasteiger partial charge in [-0.1, -0.05) is 153 Å². The molecular weight excluding hydrogens is 544 g/mol. The Morgan fingerprint density at radius 3 is 1.91 bits per heavy atom. The molecule has 0 saturated heterocycles. The average molecular weight is 577 g/mol. The van der Waals surface area contributed by atoms with Gasteiger partial charge in [0, 0.05) is 16.5 Å². The summed E-state index contributed by atoms with van der Waals surface area (Å²) in [5, 5.41) is 2.61. The van der Waals surface area contributed by atoms with E-state index < -0.39 is 5.41 Å². The minimum absolute atomic E-state index is 0.126. The predicted molar refractivity (Wildman–Crippen MR) is 185 cm³/mol. The molecule has 45 heavy (non-hydrogen) atoms. The van der Waals surface area contributed by atoms with E-state index in [9.17, 15) is 0 Å². The molecule has 0 spiro atoms. The molecule has 0 bridgehead atoms. The quantitative estimate of drug-likeness (QED) is 0.203. The van der Waals surface area contributed by atoms with Crippen LogP contribution in [0.15, 0.2) is 158 Å². The van der Waals surface area contributed by atoms with Crippen LogP contribution in [0.4, 0.5) is 0 Å². The molecule has 0 N–H and O–H groups in total. The van der Waals surface area contributed by atoms with Crippen molar-refractivity contribution in [1.29, 1.82) is 0 Å². The Kier molecular flexibility index (Phi) is 5.53. The Morgan fingerprint density at radius 1 is 0.467 bits per heavy atom. The summed E-state index contributed by atoms with van der Waals surface area (Å²) in [7, 11) is 0. The molecule has 214 valence electrons. The Morgan fingerprint density at radius 2 is 1.13 bits per heavy atom. The van der Waals surface area contributed by atoms with E-state index >= 15 is 0 Å². The Bertz CT molecular complexity index is 2220. The van der Waals surface area contributed by atoms with Crippen molar-refractivity contribution in [2.24, 2.45) is 0 Å². The Hall–Kier alpha value is -5.40. The van der Waals surface area contributed by atoms with Crippen molar-refractivity contribution in [3.8, 4) is 33.8 Å². The van der Waals surface area contributed by atoms with Crippen LogP contribution in [0.1, 0.15) is 47.2 Å². The maximum atomic E-state index is 6.77. The second kappa shape index (κ2) is 9.55. The highest BCUT2D eigenvalue weighted by molar-refractivity contribution is 6.03. The first-order valence-corrected chi connectivity index (χ1v) is 15.8. The van der Waals surface area contributed by atoms with Crippen LogP contribution in [0.2, 0.25) is 0 Å². The van der Waals surface area contributed by atoms with Crippen molar-refractivity contribution in [1.82, 2.24) is 0 Å². The molecule has 1 nitrogen and oxygen atoms in total. The van der Waals surface area contributed by atoms with Gasteiger partial charge in [0.1, 0.15) is 11.5 Å². The summed E-state index contributed by atoms with van der Waals surface area (Å²) in [6, 6.07) is 57.5. The maximum absolute atomic E-state index is 6.77. The van der Waals surface area contributed by atoms with E-state index in [0.717, 1.165) is 17.1 Å². The zero-order valence-corrected chi connectivity index (χ0v) is 25.4. The van der Waals surface area contributed by atoms with Gasteiger partial charge in [-0.2, -0.15) is 0 Å². The van der Waals surface area contributed by atoms with Gasteiger partial charge in [-0.05, 0) is 73.5 Å². The van der Waals surface area contributed by atoms with Crippen LogP contribution in [0, 0.1) is 0 Å². The van der Waals surface area contributed by atoms with E-state index in [0.29, 0.717) is 0 Å². The minimum atomic E-state index is -0.572. The fraction of sp³-hybridized carbons (Fsp3) is 0.0909. The fourth-order valence-corrected chi connectivity index (χ4v) is 8.18. The molecule has 9 rings (SSSR count). The molecule has 1 aliphatic carbocycles. The van der Waals surface area contributed by atoms with Gasteiger partial charge in [0.05, 0.1) is 5.41 Å². The number of rotatable bonds is 3. The number of ether oxygens (including phenoxy) is 1. The zero-order valence-electron chi connectivity index (χ0n) is 25.4. The smallest absolute Gasteiger partial charge is 0.132 e. The fourth-order valence-electron chi connectivity index (χ4n) is 8.18. The summed E-state index contributed by atoms with van der Waals surface area (Å²) in [5.74, 6) is 1.79. The summed E-state index contributed by atoms with van der Waals surface area (Å²) >= 11 is 0. The zero-order chi connectivity index (χ0) is 30.2. The van der Waals surface area contributed by atoms with Gasteiger partial charge in [0.25, 0.3) is 0 Å². The molecule has 0 atom stereocenters. The van der Waals surface area contributed by atoms with Crippen LogP contribution in [-0.4, -0.2) is 0 Å². The molecule has 0 saturated carbocycles. The summed E-state index contributed by atoms with van der Waals surface area (Å²) < 4.78 is 6.77. The number of fused-ring (bicyclic) bond motifs is 7. The molecule has 7 aromatic carbocycles. The first-order valence-electron chi connectivity index (χ1n) is 15.8. The lowest BCUT2D eigenvalue weighted by Gasteiger charge is -2.42. The van der Waals surface area contributed by atoms with Crippen LogP contribution in [0.3, 0.4) is 0 Å². The normalized spacial score (nSPS) is 15.0. The van der Waals surface area contributed by atoms with Gasteiger partial charge in [-0.15, -0.1) is 0 Å². The Labute approximate surface area is 264 Å². The highest BCUT2D eigenvalue weighted by Crippen LogP contribution is 2.58. The minimum Gasteiger partial charge on any atom is -0.457 e. The highest BCUT2D eigenvalue weighted by Gasteiger charge is 2.47. The van der Waals surface area contributed by atoms with Crippen molar-refractivity contribution in [2.45, 2.75) is 24.7 Å². The standard InChI is InChI=1S/C44H32O/c1-43(2)37-27-25-29-14-9-10-19-33(29)41(37)35-26-24-30(28-38(35)43)34-20-13-23-40-42(34)44(31-15-5-3-6-16-31,32-17-7-4-8-18-32)36-21-11-12-22-39(36)45-40/h3-28H,1-2H3. The van der Waals surface area contributed by atoms with Gasteiger partial charge in [-0.3, -0.25) is 0 Å². The largest absolute Gasteiger partial charge is 0.457 e. The van der Waals surface area contributed by atoms with Crippen molar-refractivity contribution in [3.63, 3.8) is 0 Å². The van der Waals surface area contributed by atoms with Gasteiger partial charge >= 0.3 is 0 Å². The lowest BCUT2D eigenvalue weighted by Crippen LogP contribution is -2.34. The molecule has 0 aromatic heterocycles. The lowest BCUT2D eigenvalue weighted by atomic mass is 9.62. The molecule has 1 heteroatoms. The molecule has 0 amide bonds. The van der Waals surface area contributed by atoms with E-state index in [1.54, 1.807) is 0 Å². The van der Waals surface area contributed by atoms with E-state index in [4.69, 9.17) is 4.74 Å². The molecule has 7 aromatic rings. The van der Waals surface area contributed by atoms with Crippen LogP contribution in [0.25, 0.3) is 33.0 Å². The van der Waals surface area contributed by atoms with E-state index in [2.05, 4.69) is 172 Å². The van der Waals surface area contributed by atoms with Crippen LogP contribution < -0.4 is 4.74 Å². The van der Waals surface area contributed by atoms with E-state index in [1.165, 1.54) is 60.8 Å². The monoisotopic (exact) mass is 576 g/mol. The predicted octanol–water partition coefficient (Wildman–Crippen LogP) is 11.3. The number of hydrogen-bond donors (Lipinski definition) is 0. The average Bonchev–Trinajstić information content (AvgIpc) is 3.33. The summed E-state index contributed by atoms with van der Waals surface area (Å²) in [4.78, 5) is 0. The van der Waals surface area contributed by atoms with Crippen LogP contribution >= 0.6 is 0 Å². The molecule has 0 unspecified atom stereocenters. The van der Waals surface area contributed by atoms with Crippen molar-refractivity contribution < 1.29 is 4.74 Å². The molecule has 1 aliphatic heterocycles. The SMILES string of the molecule is CC1(C)c2cc(-c3cccc4c3C(c3ccccc3)(c3ccccc3)c3ccccc3O4)ccc2-c2c1ccc1ccccc21. The number of hydrogen-bond acceptors (Lipinski definition) is 1. The van der Waals surface area contributed by atoms with Gasteiger partial charge in [-0.25, -0.2) is 0 Å². The highest BCUT2D eigenvalue weighted by atomic mass is 16.5. The van der Waals surface area contributed by atoms with Gasteiger partial charge in [0.2, 0.25) is 0 Å². The van der Waals surface area contributed by atoms with Crippen molar-refractivity contribution in [3.05, 3.63) is 191 Å². The summed E-state index contributed by atoms with van der Waals surface area (Å²) in [5.41, 5.74) is 11.9. The summed E-state index contributed by atoms with van der Waals surface area (Å²) in [6.45, 7) is 4.74. The summed E-state index contributed by atoms with van der Waals surface area (Å²) in [6.07, 6.45) is 0. The van der Waals surface area contributed by atoms with Gasteiger partial charge in [0.15, 0.2) is 0 Å². The van der Waals surface area contributed by atoms with E-state index in [1.807, 2.05) is 0 Å². The maximum Gasteiger partial charge on any atom is 0.132 e. The molecule has 0 fully saturated rings. The third kappa shape index (κ3) is 3.56. The third-order valence-corrected chi connectivity index (χ3v) is 10.2. The van der Waals surface area contributed by atoms with Gasteiger partial charge < -0.3 is 4.74 Å². The first kappa shape index (κ1) is 26.0. The number of benzene rings is 7. The third-order valence-electron chi connectivity index (χ3n) is 10.2. The van der Waals surface area contributed by atoms with E-state index in [-0.39, 0.29) is 5.41 Å². The van der Waals surface area contributed by atoms with Crippen molar-refractivity contribution in [2.75, 3.05) is 0 Å². The Balaban J connectivity index is 1.35. The second-order valence-electron chi connectivity index (χ2n) is 12.9.